The summed E-state index contributed by atoms with van der Waals surface area (Å²) in [6, 6.07) is 0. The predicted octanol–water partition coefficient (Wildman–Crippen LogP) is 11.6. The fourth-order valence-corrected chi connectivity index (χ4v) is 3.47. The highest BCUT2D eigenvalue weighted by atomic mass is 16.4. The maximum absolute atomic E-state index is 9.37. The van der Waals surface area contributed by atoms with Crippen LogP contribution < -0.4 is 0 Å². The summed E-state index contributed by atoms with van der Waals surface area (Å²) in [5, 5.41) is 15.4. The first-order valence-corrected chi connectivity index (χ1v) is 15.8. The summed E-state index contributed by atoms with van der Waals surface area (Å²) in [6.45, 7) is 12.3. The van der Waals surface area contributed by atoms with Crippen molar-refractivity contribution >= 4 is 11.9 Å². The molecule has 0 aliphatic heterocycles. The van der Waals surface area contributed by atoms with Gasteiger partial charge in [-0.2, -0.15) is 0 Å². The number of carboxylic acids is 2. The molecule has 0 aromatic rings. The van der Waals surface area contributed by atoms with Gasteiger partial charge in [0.2, 0.25) is 0 Å². The van der Waals surface area contributed by atoms with Crippen LogP contribution in [0.3, 0.4) is 0 Å². The van der Waals surface area contributed by atoms with E-state index in [2.05, 4.69) is 27.7 Å². The molecule has 0 atom stereocenters. The van der Waals surface area contributed by atoms with Crippen molar-refractivity contribution in [2.24, 2.45) is 0 Å². The Hall–Kier alpha value is -1.06. The summed E-state index contributed by atoms with van der Waals surface area (Å²) in [4.78, 5) is 18.7. The van der Waals surface area contributed by atoms with Gasteiger partial charge in [-0.25, -0.2) is 0 Å². The van der Waals surface area contributed by atoms with Crippen LogP contribution in [0.25, 0.3) is 0 Å². The van der Waals surface area contributed by atoms with Crippen LogP contribution in [0, 0.1) is 0 Å². The maximum Gasteiger partial charge on any atom is 0.303 e. The standard InChI is InChI=1S/2C13H28.2C3H6O2/c2*1-3-5-7-9-11-13-12-10-8-6-4-2;2*1-2-3(4)5/h2*3-13H2,1-2H3;2*2H2,1H3,(H,4,5). The lowest BCUT2D eigenvalue weighted by Gasteiger charge is -2.00. The molecule has 2 N–H and O–H groups in total. The van der Waals surface area contributed by atoms with Gasteiger partial charge >= 0.3 is 11.9 Å². The van der Waals surface area contributed by atoms with Crippen molar-refractivity contribution < 1.29 is 19.8 Å². The zero-order chi connectivity index (χ0) is 28.1. The van der Waals surface area contributed by atoms with E-state index in [1.54, 1.807) is 13.8 Å². The van der Waals surface area contributed by atoms with Gasteiger partial charge in [0, 0.05) is 12.8 Å². The Labute approximate surface area is 227 Å². The molecular weight excluding hydrogens is 448 g/mol. The maximum atomic E-state index is 9.37. The highest BCUT2D eigenvalue weighted by molar-refractivity contribution is 5.66. The fourth-order valence-electron chi connectivity index (χ4n) is 3.47. The largest absolute Gasteiger partial charge is 0.481 e. The molecule has 0 rings (SSSR count). The predicted molar refractivity (Wildman–Crippen MR) is 160 cm³/mol. The molecule has 0 spiro atoms. The van der Waals surface area contributed by atoms with E-state index in [9.17, 15) is 9.59 Å². The number of hydrogen-bond donors (Lipinski definition) is 2. The number of aliphatic carboxylic acids is 2. The van der Waals surface area contributed by atoms with E-state index >= 15 is 0 Å². The van der Waals surface area contributed by atoms with Gasteiger partial charge in [-0.05, 0) is 0 Å². The summed E-state index contributed by atoms with van der Waals surface area (Å²) in [7, 11) is 0. The lowest BCUT2D eigenvalue weighted by Crippen LogP contribution is -1.86. The average Bonchev–Trinajstić information content (AvgIpc) is 2.88. The molecule has 0 saturated carbocycles. The van der Waals surface area contributed by atoms with E-state index in [-0.39, 0.29) is 12.8 Å². The molecule has 0 heterocycles. The number of unbranched alkanes of at least 4 members (excludes halogenated alkanes) is 20. The van der Waals surface area contributed by atoms with Crippen LogP contribution in [0.2, 0.25) is 0 Å². The van der Waals surface area contributed by atoms with Crippen molar-refractivity contribution in [3.8, 4) is 0 Å². The lowest BCUT2D eigenvalue weighted by atomic mass is 10.1. The molecule has 220 valence electrons. The van der Waals surface area contributed by atoms with E-state index in [1.807, 2.05) is 0 Å². The van der Waals surface area contributed by atoms with Crippen molar-refractivity contribution in [3.05, 3.63) is 0 Å². The first-order chi connectivity index (χ1) is 17.4. The van der Waals surface area contributed by atoms with Crippen LogP contribution in [-0.2, 0) is 9.59 Å². The van der Waals surface area contributed by atoms with Crippen LogP contribution in [0.1, 0.15) is 196 Å². The molecule has 0 bridgehead atoms. The third-order valence-electron chi connectivity index (χ3n) is 6.02. The van der Waals surface area contributed by atoms with Gasteiger partial charge in [-0.1, -0.05) is 183 Å². The van der Waals surface area contributed by atoms with E-state index < -0.39 is 11.9 Å². The number of carbonyl (C=O) groups is 2. The summed E-state index contributed by atoms with van der Waals surface area (Å²) in [5.41, 5.74) is 0. The minimum Gasteiger partial charge on any atom is -0.481 e. The Morgan fingerprint density at radius 2 is 0.444 bits per heavy atom. The van der Waals surface area contributed by atoms with Crippen LogP contribution in [0.4, 0.5) is 0 Å². The van der Waals surface area contributed by atoms with E-state index in [0.717, 1.165) is 0 Å². The third kappa shape index (κ3) is 63.9. The van der Waals surface area contributed by atoms with Gasteiger partial charge in [0.05, 0.1) is 0 Å². The van der Waals surface area contributed by atoms with E-state index in [4.69, 9.17) is 10.2 Å². The van der Waals surface area contributed by atoms with Crippen molar-refractivity contribution in [2.45, 2.75) is 196 Å². The van der Waals surface area contributed by atoms with Crippen molar-refractivity contribution in [1.82, 2.24) is 0 Å². The molecule has 36 heavy (non-hydrogen) atoms. The summed E-state index contributed by atoms with van der Waals surface area (Å²) >= 11 is 0. The molecule has 0 unspecified atom stereocenters. The first kappa shape index (κ1) is 42.0. The topological polar surface area (TPSA) is 74.6 Å². The van der Waals surface area contributed by atoms with Crippen LogP contribution in [0.5, 0.6) is 0 Å². The van der Waals surface area contributed by atoms with Gasteiger partial charge in [-0.3, -0.25) is 9.59 Å². The van der Waals surface area contributed by atoms with Gasteiger partial charge in [0.25, 0.3) is 0 Å². The monoisotopic (exact) mass is 517 g/mol. The molecule has 4 heteroatoms. The normalized spacial score (nSPS) is 9.72. The Bertz CT molecular complexity index is 326. The highest BCUT2D eigenvalue weighted by Gasteiger charge is 1.92. The minimum atomic E-state index is -0.745. The Kier molecular flexibility index (Phi) is 51.4. The summed E-state index contributed by atoms with van der Waals surface area (Å²) < 4.78 is 0. The fraction of sp³-hybridized carbons (Fsp3) is 0.938. The molecule has 0 radical (unpaired) electrons. The molecule has 0 aromatic carbocycles. The molecule has 0 fully saturated rings. The Morgan fingerprint density at radius 3 is 0.528 bits per heavy atom. The smallest absolute Gasteiger partial charge is 0.303 e. The zero-order valence-electron chi connectivity index (χ0n) is 25.7. The molecule has 0 amide bonds. The van der Waals surface area contributed by atoms with Crippen LogP contribution in [-0.4, -0.2) is 22.2 Å². The second kappa shape index (κ2) is 44.0. The average molecular weight is 517 g/mol. The summed E-state index contributed by atoms with van der Waals surface area (Å²) in [5.74, 6) is -1.49. The number of hydrogen-bond acceptors (Lipinski definition) is 2. The van der Waals surface area contributed by atoms with Gasteiger partial charge < -0.3 is 10.2 Å². The molecule has 0 aromatic heterocycles. The van der Waals surface area contributed by atoms with Crippen LogP contribution >= 0.6 is 0 Å². The SMILES string of the molecule is CCC(=O)O.CCC(=O)O.CCCCCCCCCCCCC.CCCCCCCCCCCCC. The lowest BCUT2D eigenvalue weighted by molar-refractivity contribution is -0.137. The van der Waals surface area contributed by atoms with Gasteiger partial charge in [0.1, 0.15) is 0 Å². The second-order valence-corrected chi connectivity index (χ2v) is 9.86. The quantitative estimate of drug-likeness (QED) is 0.140. The highest BCUT2D eigenvalue weighted by Crippen LogP contribution is 2.11. The van der Waals surface area contributed by atoms with Crippen LogP contribution in [0.15, 0.2) is 0 Å². The Balaban J connectivity index is -0.000000208. The van der Waals surface area contributed by atoms with Crippen molar-refractivity contribution in [1.29, 1.82) is 0 Å². The minimum absolute atomic E-state index is 0.222. The van der Waals surface area contributed by atoms with E-state index in [0.29, 0.717) is 0 Å². The van der Waals surface area contributed by atoms with Crippen molar-refractivity contribution in [2.75, 3.05) is 0 Å². The second-order valence-electron chi connectivity index (χ2n) is 9.86. The molecular formula is C32H68O4. The molecule has 0 saturated heterocycles. The number of carboxylic acid groups (broad SMARTS) is 2. The molecule has 0 aliphatic carbocycles. The van der Waals surface area contributed by atoms with Gasteiger partial charge in [0.15, 0.2) is 0 Å². The van der Waals surface area contributed by atoms with Gasteiger partial charge in [-0.15, -0.1) is 0 Å². The number of rotatable bonds is 22. The zero-order valence-corrected chi connectivity index (χ0v) is 25.7. The van der Waals surface area contributed by atoms with E-state index in [1.165, 1.54) is 141 Å². The molecule has 4 nitrogen and oxygen atoms in total. The Morgan fingerprint density at radius 1 is 0.333 bits per heavy atom. The van der Waals surface area contributed by atoms with Crippen molar-refractivity contribution in [3.63, 3.8) is 0 Å². The molecule has 0 aliphatic rings. The third-order valence-corrected chi connectivity index (χ3v) is 6.02. The summed E-state index contributed by atoms with van der Waals surface area (Å²) in [6.07, 6.45) is 32.3. The first-order valence-electron chi connectivity index (χ1n) is 15.8.